The second kappa shape index (κ2) is 4.61. The van der Waals surface area contributed by atoms with Gasteiger partial charge in [-0.2, -0.15) is 0 Å². The van der Waals surface area contributed by atoms with Crippen LogP contribution in [0.2, 0.25) is 0 Å². The summed E-state index contributed by atoms with van der Waals surface area (Å²) in [6.07, 6.45) is 1.55. The average molecular weight is 273 g/mol. The van der Waals surface area contributed by atoms with Gasteiger partial charge < -0.3 is 10.1 Å². The molecule has 0 fully saturated rings. The Balaban J connectivity index is 2.70. The zero-order valence-electron chi connectivity index (χ0n) is 8.87. The predicted molar refractivity (Wildman–Crippen MR) is 62.4 cm³/mol. The van der Waals surface area contributed by atoms with Crippen LogP contribution in [0.5, 0.6) is 5.88 Å². The normalized spacial score (nSPS) is 10.9. The van der Waals surface area contributed by atoms with Crippen molar-refractivity contribution in [2.45, 2.75) is 18.2 Å². The Kier molecular flexibility index (Phi) is 3.68. The van der Waals surface area contributed by atoms with E-state index in [2.05, 4.69) is 26.2 Å². The highest BCUT2D eigenvalue weighted by Gasteiger charge is 2.23. The van der Waals surface area contributed by atoms with E-state index in [1.807, 2.05) is 0 Å². The summed E-state index contributed by atoms with van der Waals surface area (Å²) in [4.78, 5) is 15.6. The number of halogens is 1. The van der Waals surface area contributed by atoms with Crippen molar-refractivity contribution in [1.29, 1.82) is 0 Å². The first kappa shape index (κ1) is 12.0. The second-order valence-corrected chi connectivity index (χ2v) is 5.50. The summed E-state index contributed by atoms with van der Waals surface area (Å²) in [5, 5.41) is 2.73. The molecule has 1 aromatic rings. The van der Waals surface area contributed by atoms with Crippen LogP contribution in [-0.2, 0) is 4.79 Å². The fourth-order valence-electron chi connectivity index (χ4n) is 0.855. The van der Waals surface area contributed by atoms with Gasteiger partial charge in [0.15, 0.2) is 0 Å². The van der Waals surface area contributed by atoms with E-state index < -0.39 is 4.32 Å². The van der Waals surface area contributed by atoms with Crippen LogP contribution in [-0.4, -0.2) is 22.3 Å². The third-order valence-electron chi connectivity index (χ3n) is 1.74. The monoisotopic (exact) mass is 272 g/mol. The summed E-state index contributed by atoms with van der Waals surface area (Å²) in [7, 11) is 1.54. The van der Waals surface area contributed by atoms with E-state index in [1.165, 1.54) is 0 Å². The van der Waals surface area contributed by atoms with E-state index in [4.69, 9.17) is 4.74 Å². The molecule has 0 aromatic carbocycles. The number of pyridine rings is 1. The van der Waals surface area contributed by atoms with Gasteiger partial charge in [-0.1, -0.05) is 15.9 Å². The Morgan fingerprint density at radius 1 is 1.53 bits per heavy atom. The Hall–Kier alpha value is -1.10. The van der Waals surface area contributed by atoms with Crippen LogP contribution >= 0.6 is 15.9 Å². The van der Waals surface area contributed by atoms with E-state index >= 15 is 0 Å². The first-order chi connectivity index (χ1) is 6.93. The highest BCUT2D eigenvalue weighted by atomic mass is 79.9. The number of ether oxygens (including phenoxy) is 1. The number of hydrogen-bond donors (Lipinski definition) is 1. The number of methoxy groups -OCH3 is 1. The van der Waals surface area contributed by atoms with E-state index in [0.29, 0.717) is 11.6 Å². The molecule has 1 rings (SSSR count). The lowest BCUT2D eigenvalue weighted by molar-refractivity contribution is -0.117. The maximum atomic E-state index is 11.6. The van der Waals surface area contributed by atoms with Gasteiger partial charge in [0, 0.05) is 6.07 Å². The minimum atomic E-state index is -0.590. The number of alkyl halides is 1. The number of carbonyl (C=O) groups excluding carboxylic acids is 1. The number of carbonyl (C=O) groups is 1. The van der Waals surface area contributed by atoms with Crippen molar-refractivity contribution >= 4 is 27.5 Å². The number of nitrogens with one attached hydrogen (secondary N) is 1. The minimum absolute atomic E-state index is 0.116. The summed E-state index contributed by atoms with van der Waals surface area (Å²) in [6, 6.07) is 3.43. The van der Waals surface area contributed by atoms with Crippen LogP contribution in [0.1, 0.15) is 13.8 Å². The fraction of sp³-hybridized carbons (Fsp3) is 0.400. The molecule has 0 aliphatic heterocycles. The number of aromatic nitrogens is 1. The van der Waals surface area contributed by atoms with E-state index in [9.17, 15) is 4.79 Å². The molecule has 1 heterocycles. The third-order valence-corrected chi connectivity index (χ3v) is 2.10. The van der Waals surface area contributed by atoms with Crippen molar-refractivity contribution < 1.29 is 9.53 Å². The van der Waals surface area contributed by atoms with Crippen molar-refractivity contribution in [2.24, 2.45) is 0 Å². The molecular formula is C10H13BrN2O2. The van der Waals surface area contributed by atoms with E-state index in [1.54, 1.807) is 39.3 Å². The highest BCUT2D eigenvalue weighted by Crippen LogP contribution is 2.19. The van der Waals surface area contributed by atoms with Gasteiger partial charge in [0.1, 0.15) is 0 Å². The first-order valence-electron chi connectivity index (χ1n) is 4.44. The van der Waals surface area contributed by atoms with Crippen molar-refractivity contribution in [1.82, 2.24) is 4.98 Å². The molecule has 15 heavy (non-hydrogen) atoms. The number of hydrogen-bond acceptors (Lipinski definition) is 3. The SMILES string of the molecule is COc1ccc(NC(=O)C(C)(C)Br)cn1. The lowest BCUT2D eigenvalue weighted by Gasteiger charge is -2.15. The molecule has 1 N–H and O–H groups in total. The van der Waals surface area contributed by atoms with Crippen LogP contribution in [0.4, 0.5) is 5.69 Å². The lowest BCUT2D eigenvalue weighted by atomic mass is 10.2. The molecule has 0 bridgehead atoms. The molecule has 0 saturated carbocycles. The summed E-state index contributed by atoms with van der Waals surface area (Å²) in [6.45, 7) is 3.55. The van der Waals surface area contributed by atoms with Gasteiger partial charge in [0.2, 0.25) is 11.8 Å². The number of nitrogens with zero attached hydrogens (tertiary/aromatic N) is 1. The molecule has 82 valence electrons. The van der Waals surface area contributed by atoms with Gasteiger partial charge in [-0.25, -0.2) is 4.98 Å². The van der Waals surface area contributed by atoms with Crippen molar-refractivity contribution in [2.75, 3.05) is 12.4 Å². The van der Waals surface area contributed by atoms with Crippen molar-refractivity contribution in [3.8, 4) is 5.88 Å². The second-order valence-electron chi connectivity index (χ2n) is 3.52. The smallest absolute Gasteiger partial charge is 0.240 e. The Labute approximate surface area is 97.2 Å². The molecule has 0 atom stereocenters. The standard InChI is InChI=1S/C10H13BrN2O2/c1-10(2,11)9(14)13-7-4-5-8(15-3)12-6-7/h4-6H,1-3H3,(H,13,14). The molecule has 0 saturated heterocycles. The van der Waals surface area contributed by atoms with Gasteiger partial charge in [-0.05, 0) is 19.9 Å². The van der Waals surface area contributed by atoms with Crippen LogP contribution < -0.4 is 10.1 Å². The van der Waals surface area contributed by atoms with Gasteiger partial charge in [-0.15, -0.1) is 0 Å². The molecule has 1 aromatic heterocycles. The van der Waals surface area contributed by atoms with Crippen LogP contribution in [0.25, 0.3) is 0 Å². The number of amides is 1. The summed E-state index contributed by atoms with van der Waals surface area (Å²) >= 11 is 3.27. The zero-order chi connectivity index (χ0) is 11.5. The number of anilines is 1. The van der Waals surface area contributed by atoms with Gasteiger partial charge >= 0.3 is 0 Å². The molecule has 1 amide bonds. The molecular weight excluding hydrogens is 260 g/mol. The first-order valence-corrected chi connectivity index (χ1v) is 5.23. The topological polar surface area (TPSA) is 51.2 Å². The third kappa shape index (κ3) is 3.51. The summed E-state index contributed by atoms with van der Waals surface area (Å²) < 4.78 is 4.32. The Morgan fingerprint density at radius 2 is 2.20 bits per heavy atom. The molecule has 0 unspecified atom stereocenters. The van der Waals surface area contributed by atoms with Crippen molar-refractivity contribution in [3.05, 3.63) is 18.3 Å². The van der Waals surface area contributed by atoms with E-state index in [-0.39, 0.29) is 5.91 Å². The molecule has 0 aliphatic rings. The summed E-state index contributed by atoms with van der Waals surface area (Å²) in [5.74, 6) is 0.403. The van der Waals surface area contributed by atoms with Crippen molar-refractivity contribution in [3.63, 3.8) is 0 Å². The molecule has 0 radical (unpaired) electrons. The van der Waals surface area contributed by atoms with Crippen LogP contribution in [0.3, 0.4) is 0 Å². The highest BCUT2D eigenvalue weighted by molar-refractivity contribution is 9.10. The van der Waals surface area contributed by atoms with Crippen LogP contribution in [0, 0.1) is 0 Å². The van der Waals surface area contributed by atoms with Gasteiger partial charge in [-0.3, -0.25) is 4.79 Å². The summed E-state index contributed by atoms with van der Waals surface area (Å²) in [5.41, 5.74) is 0.647. The Bertz CT molecular complexity index is 343. The average Bonchev–Trinajstić information content (AvgIpc) is 2.17. The minimum Gasteiger partial charge on any atom is -0.481 e. The molecule has 0 aliphatic carbocycles. The molecule has 0 spiro atoms. The maximum absolute atomic E-state index is 11.6. The van der Waals surface area contributed by atoms with Crippen LogP contribution in [0.15, 0.2) is 18.3 Å². The van der Waals surface area contributed by atoms with E-state index in [0.717, 1.165) is 0 Å². The number of rotatable bonds is 3. The lowest BCUT2D eigenvalue weighted by Crippen LogP contribution is -2.30. The molecule has 5 heteroatoms. The maximum Gasteiger partial charge on any atom is 0.240 e. The zero-order valence-corrected chi connectivity index (χ0v) is 10.5. The van der Waals surface area contributed by atoms with Gasteiger partial charge in [0.05, 0.1) is 23.3 Å². The Morgan fingerprint density at radius 3 is 2.60 bits per heavy atom. The predicted octanol–water partition coefficient (Wildman–Crippen LogP) is 2.20. The quantitative estimate of drug-likeness (QED) is 0.859. The molecule has 4 nitrogen and oxygen atoms in total. The fourth-order valence-corrected chi connectivity index (χ4v) is 0.954. The van der Waals surface area contributed by atoms with Gasteiger partial charge in [0.25, 0.3) is 0 Å². The largest absolute Gasteiger partial charge is 0.481 e.